The predicted molar refractivity (Wildman–Crippen MR) is 64.7 cm³/mol. The van der Waals surface area contributed by atoms with E-state index in [4.69, 9.17) is 4.74 Å². The van der Waals surface area contributed by atoms with E-state index in [1.54, 1.807) is 20.8 Å². The van der Waals surface area contributed by atoms with Gasteiger partial charge in [0.05, 0.1) is 0 Å². The van der Waals surface area contributed by atoms with Gasteiger partial charge in [-0.1, -0.05) is 0 Å². The van der Waals surface area contributed by atoms with E-state index in [0.717, 1.165) is 0 Å². The van der Waals surface area contributed by atoms with E-state index in [0.29, 0.717) is 15.8 Å². The summed E-state index contributed by atoms with van der Waals surface area (Å²) in [6, 6.07) is 0. The van der Waals surface area contributed by atoms with E-state index in [-0.39, 0.29) is 0 Å². The Labute approximate surface area is 106 Å². The Morgan fingerprint density at radius 3 is 2.71 bits per heavy atom. The van der Waals surface area contributed by atoms with Crippen LogP contribution < -0.4 is 0 Å². The summed E-state index contributed by atoms with van der Waals surface area (Å²) in [7, 11) is 0. The first-order chi connectivity index (χ1) is 7.88. The summed E-state index contributed by atoms with van der Waals surface area (Å²) in [5.41, 5.74) is 0.386. The second-order valence-corrected chi connectivity index (χ2v) is 5.18. The molecule has 0 saturated heterocycles. The molecule has 0 bridgehead atoms. The number of imidazole rings is 1. The van der Waals surface area contributed by atoms with Crippen molar-refractivity contribution in [1.29, 1.82) is 0 Å². The topological polar surface area (TPSA) is 69.9 Å². The molecule has 0 spiro atoms. The highest BCUT2D eigenvalue weighted by Crippen LogP contribution is 2.18. The number of carbonyl (C=O) groups is 1. The minimum atomic E-state index is -0.558. The predicted octanol–water partition coefficient (Wildman–Crippen LogP) is 2.37. The smallest absolute Gasteiger partial charge is 0.421 e. The lowest BCUT2D eigenvalue weighted by Gasteiger charge is -2.19. The van der Waals surface area contributed by atoms with Gasteiger partial charge in [0, 0.05) is 0 Å². The molecule has 0 amide bonds. The molecule has 0 aliphatic carbocycles. The molecule has 0 fully saturated rings. The number of nitrogens with zero attached hydrogens (tertiary/aromatic N) is 4. The zero-order valence-electron chi connectivity index (χ0n) is 9.64. The third-order valence-electron chi connectivity index (χ3n) is 1.88. The largest absolute Gasteiger partial charge is 0.443 e. The molecular weight excluding hydrogens is 288 g/mol. The van der Waals surface area contributed by atoms with E-state index in [1.165, 1.54) is 17.2 Å². The lowest BCUT2D eigenvalue weighted by Crippen LogP contribution is -2.26. The molecule has 90 valence electrons. The first kappa shape index (κ1) is 12.0. The summed E-state index contributed by atoms with van der Waals surface area (Å²) in [5.74, 6) is 0. The lowest BCUT2D eigenvalue weighted by atomic mass is 10.2. The highest BCUT2D eigenvalue weighted by molar-refractivity contribution is 9.10. The molecule has 0 aliphatic rings. The van der Waals surface area contributed by atoms with Crippen molar-refractivity contribution in [2.45, 2.75) is 26.4 Å². The minimum absolute atomic E-state index is 0.418. The first-order valence-electron chi connectivity index (χ1n) is 4.95. The maximum Gasteiger partial charge on any atom is 0.421 e. The van der Waals surface area contributed by atoms with E-state index in [2.05, 4.69) is 30.9 Å². The zero-order valence-corrected chi connectivity index (χ0v) is 11.2. The Bertz CT molecular complexity index is 573. The Morgan fingerprint density at radius 1 is 1.35 bits per heavy atom. The van der Waals surface area contributed by atoms with Gasteiger partial charge in [-0.05, 0) is 36.7 Å². The average Bonchev–Trinajstić information content (AvgIpc) is 2.60. The van der Waals surface area contributed by atoms with Crippen LogP contribution in [-0.4, -0.2) is 31.2 Å². The fourth-order valence-electron chi connectivity index (χ4n) is 1.25. The molecule has 0 N–H and O–H groups in total. The van der Waals surface area contributed by atoms with Crippen LogP contribution in [0.25, 0.3) is 11.2 Å². The van der Waals surface area contributed by atoms with Crippen molar-refractivity contribution in [3.05, 3.63) is 17.3 Å². The van der Waals surface area contributed by atoms with Crippen LogP contribution in [0, 0.1) is 0 Å². The van der Waals surface area contributed by atoms with Crippen LogP contribution in [0.2, 0.25) is 0 Å². The second kappa shape index (κ2) is 4.06. The van der Waals surface area contributed by atoms with Crippen molar-refractivity contribution in [2.75, 3.05) is 0 Å². The summed E-state index contributed by atoms with van der Waals surface area (Å²) in [6.45, 7) is 5.40. The standard InChI is InChI=1S/C10H11BrN4O2/c1-10(2,3)17-9(16)15-5-14-6-7(11)12-4-13-8(6)15/h4-5H,1-3H3. The molecule has 2 aromatic rings. The number of fused-ring (bicyclic) bond motifs is 1. The monoisotopic (exact) mass is 298 g/mol. The van der Waals surface area contributed by atoms with Gasteiger partial charge in [0.2, 0.25) is 0 Å². The van der Waals surface area contributed by atoms with E-state index in [9.17, 15) is 4.79 Å². The molecule has 0 saturated carbocycles. The summed E-state index contributed by atoms with van der Waals surface area (Å²) < 4.78 is 7.04. The number of carbonyl (C=O) groups excluding carboxylic acids is 1. The number of halogens is 1. The molecule has 2 rings (SSSR count). The Kier molecular flexibility index (Phi) is 2.86. The van der Waals surface area contributed by atoms with Gasteiger partial charge in [-0.3, -0.25) is 0 Å². The molecule has 0 aromatic carbocycles. The van der Waals surface area contributed by atoms with Crippen molar-refractivity contribution in [1.82, 2.24) is 19.5 Å². The van der Waals surface area contributed by atoms with Gasteiger partial charge in [-0.25, -0.2) is 24.3 Å². The second-order valence-electron chi connectivity index (χ2n) is 4.43. The quantitative estimate of drug-likeness (QED) is 0.698. The number of hydrogen-bond acceptors (Lipinski definition) is 5. The first-order valence-corrected chi connectivity index (χ1v) is 5.75. The maximum atomic E-state index is 11.9. The minimum Gasteiger partial charge on any atom is -0.443 e. The van der Waals surface area contributed by atoms with Gasteiger partial charge in [-0.2, -0.15) is 0 Å². The van der Waals surface area contributed by atoms with Gasteiger partial charge >= 0.3 is 6.09 Å². The Balaban J connectivity index is 2.43. The molecule has 0 atom stereocenters. The van der Waals surface area contributed by atoms with E-state index in [1.807, 2.05) is 0 Å². The maximum absolute atomic E-state index is 11.9. The summed E-state index contributed by atoms with van der Waals surface area (Å²) >= 11 is 3.24. The highest BCUT2D eigenvalue weighted by Gasteiger charge is 2.20. The lowest BCUT2D eigenvalue weighted by molar-refractivity contribution is 0.0543. The van der Waals surface area contributed by atoms with Crippen LogP contribution in [0.15, 0.2) is 17.3 Å². The van der Waals surface area contributed by atoms with Crippen LogP contribution in [-0.2, 0) is 4.74 Å². The van der Waals surface area contributed by atoms with Crippen molar-refractivity contribution in [3.8, 4) is 0 Å². The van der Waals surface area contributed by atoms with E-state index < -0.39 is 11.7 Å². The third-order valence-corrected chi connectivity index (χ3v) is 2.46. The van der Waals surface area contributed by atoms with Crippen LogP contribution in [0.1, 0.15) is 20.8 Å². The van der Waals surface area contributed by atoms with Gasteiger partial charge in [-0.15, -0.1) is 0 Å². The number of ether oxygens (including phenoxy) is 1. The number of hydrogen-bond donors (Lipinski definition) is 0. The normalized spacial score (nSPS) is 11.8. The fourth-order valence-corrected chi connectivity index (χ4v) is 1.62. The fraction of sp³-hybridized carbons (Fsp3) is 0.400. The molecular formula is C10H11BrN4O2. The van der Waals surface area contributed by atoms with Crippen molar-refractivity contribution in [3.63, 3.8) is 0 Å². The van der Waals surface area contributed by atoms with Crippen LogP contribution in [0.5, 0.6) is 0 Å². The van der Waals surface area contributed by atoms with Crippen LogP contribution in [0.3, 0.4) is 0 Å². The highest BCUT2D eigenvalue weighted by atomic mass is 79.9. The summed E-state index contributed by atoms with van der Waals surface area (Å²) in [4.78, 5) is 23.9. The molecule has 0 unspecified atom stereocenters. The molecule has 0 radical (unpaired) electrons. The summed E-state index contributed by atoms with van der Waals surface area (Å²) in [5, 5.41) is 0. The van der Waals surface area contributed by atoms with Gasteiger partial charge in [0.1, 0.15) is 28.4 Å². The average molecular weight is 299 g/mol. The SMILES string of the molecule is CC(C)(C)OC(=O)n1cnc2c(Br)ncnc21. The third kappa shape index (κ3) is 2.44. The molecule has 0 aliphatic heterocycles. The zero-order chi connectivity index (χ0) is 12.6. The van der Waals surface area contributed by atoms with Crippen molar-refractivity contribution in [2.24, 2.45) is 0 Å². The van der Waals surface area contributed by atoms with E-state index >= 15 is 0 Å². The molecule has 7 heteroatoms. The van der Waals surface area contributed by atoms with Crippen molar-refractivity contribution >= 4 is 33.2 Å². The number of aromatic nitrogens is 4. The Morgan fingerprint density at radius 2 is 2.06 bits per heavy atom. The van der Waals surface area contributed by atoms with Crippen LogP contribution >= 0.6 is 15.9 Å². The van der Waals surface area contributed by atoms with Gasteiger partial charge in [0.15, 0.2) is 5.65 Å². The number of rotatable bonds is 0. The van der Waals surface area contributed by atoms with Crippen molar-refractivity contribution < 1.29 is 9.53 Å². The van der Waals surface area contributed by atoms with Gasteiger partial charge < -0.3 is 4.74 Å². The molecule has 2 aromatic heterocycles. The molecule has 6 nitrogen and oxygen atoms in total. The van der Waals surface area contributed by atoms with Crippen LogP contribution in [0.4, 0.5) is 4.79 Å². The summed E-state index contributed by atoms with van der Waals surface area (Å²) in [6.07, 6.45) is 2.22. The molecule has 17 heavy (non-hydrogen) atoms. The molecule has 2 heterocycles. The Hall–Kier alpha value is -1.50. The van der Waals surface area contributed by atoms with Gasteiger partial charge in [0.25, 0.3) is 0 Å².